The van der Waals surface area contributed by atoms with Crippen LogP contribution in [0.4, 0.5) is 4.39 Å². The normalized spacial score (nSPS) is 12.5. The van der Waals surface area contributed by atoms with E-state index in [1.165, 1.54) is 18.2 Å². The number of hydrogen-bond acceptors (Lipinski definition) is 3. The van der Waals surface area contributed by atoms with E-state index < -0.39 is 15.7 Å². The molecule has 5 nitrogen and oxygen atoms in total. The molecule has 21 heavy (non-hydrogen) atoms. The molecule has 1 aromatic rings. The summed E-state index contributed by atoms with van der Waals surface area (Å²) < 4.78 is 37.6. The van der Waals surface area contributed by atoms with Gasteiger partial charge in [0.05, 0.1) is 5.75 Å². The fraction of sp³-hybridized carbons (Fsp3) is 0.500. The highest BCUT2D eigenvalue weighted by molar-refractivity contribution is 7.91. The Balaban J connectivity index is 2.57. The van der Waals surface area contributed by atoms with Gasteiger partial charge in [0.15, 0.2) is 15.8 Å². The standard InChI is InChI=1S/C14H22FN3O2S/c1-11(2)10-18-14(16-3)17-8-9-21(19,20)13-7-5-4-6-12(13)15/h4-7,11H,8-10H2,1-3H3,(H2,16,17,18). The molecule has 0 bridgehead atoms. The number of aliphatic imine (C=N–C) groups is 1. The Morgan fingerprint density at radius 1 is 1.29 bits per heavy atom. The molecule has 0 atom stereocenters. The summed E-state index contributed by atoms with van der Waals surface area (Å²) in [7, 11) is -2.03. The van der Waals surface area contributed by atoms with Crippen molar-refractivity contribution < 1.29 is 12.8 Å². The minimum atomic E-state index is -3.65. The van der Waals surface area contributed by atoms with Crippen LogP contribution in [-0.2, 0) is 9.84 Å². The molecule has 0 amide bonds. The van der Waals surface area contributed by atoms with Crippen LogP contribution in [0.5, 0.6) is 0 Å². The SMILES string of the molecule is CN=C(NCCS(=O)(=O)c1ccccc1F)NCC(C)C. The zero-order valence-electron chi connectivity index (χ0n) is 12.6. The number of benzene rings is 1. The molecule has 0 saturated carbocycles. The molecule has 0 aliphatic rings. The summed E-state index contributed by atoms with van der Waals surface area (Å²) in [6.45, 7) is 5.01. The number of hydrogen-bond donors (Lipinski definition) is 2. The molecule has 118 valence electrons. The van der Waals surface area contributed by atoms with E-state index in [9.17, 15) is 12.8 Å². The first kappa shape index (κ1) is 17.4. The van der Waals surface area contributed by atoms with E-state index in [4.69, 9.17) is 0 Å². The summed E-state index contributed by atoms with van der Waals surface area (Å²) >= 11 is 0. The predicted molar refractivity (Wildman–Crippen MR) is 82.7 cm³/mol. The van der Waals surface area contributed by atoms with Crippen LogP contribution in [0.2, 0.25) is 0 Å². The first-order valence-corrected chi connectivity index (χ1v) is 8.44. The number of rotatable bonds is 6. The van der Waals surface area contributed by atoms with Gasteiger partial charge in [0.25, 0.3) is 0 Å². The summed E-state index contributed by atoms with van der Waals surface area (Å²) in [6.07, 6.45) is 0. The summed E-state index contributed by atoms with van der Waals surface area (Å²) in [4.78, 5) is 3.73. The van der Waals surface area contributed by atoms with E-state index >= 15 is 0 Å². The Hall–Kier alpha value is -1.63. The van der Waals surface area contributed by atoms with Gasteiger partial charge in [-0.1, -0.05) is 26.0 Å². The average molecular weight is 315 g/mol. The molecule has 0 heterocycles. The van der Waals surface area contributed by atoms with Gasteiger partial charge in [0.2, 0.25) is 0 Å². The predicted octanol–water partition coefficient (Wildman–Crippen LogP) is 1.42. The fourth-order valence-electron chi connectivity index (χ4n) is 1.63. The maximum absolute atomic E-state index is 13.5. The lowest BCUT2D eigenvalue weighted by molar-refractivity contribution is 0.566. The molecule has 0 radical (unpaired) electrons. The van der Waals surface area contributed by atoms with Crippen molar-refractivity contribution >= 4 is 15.8 Å². The summed E-state index contributed by atoms with van der Waals surface area (Å²) in [6, 6.07) is 5.39. The van der Waals surface area contributed by atoms with E-state index in [0.29, 0.717) is 11.9 Å². The molecule has 7 heteroatoms. The quantitative estimate of drug-likeness (QED) is 0.615. The van der Waals surface area contributed by atoms with Gasteiger partial charge >= 0.3 is 0 Å². The van der Waals surface area contributed by atoms with Gasteiger partial charge in [-0.05, 0) is 18.1 Å². The lowest BCUT2D eigenvalue weighted by Gasteiger charge is -2.13. The Bertz CT molecular complexity index is 586. The van der Waals surface area contributed by atoms with E-state index in [-0.39, 0.29) is 17.2 Å². The Kier molecular flexibility index (Phi) is 6.61. The number of nitrogens with zero attached hydrogens (tertiary/aromatic N) is 1. The zero-order chi connectivity index (χ0) is 15.9. The van der Waals surface area contributed by atoms with Gasteiger partial charge in [-0.25, -0.2) is 12.8 Å². The van der Waals surface area contributed by atoms with Crippen molar-refractivity contribution in [2.75, 3.05) is 25.9 Å². The third-order valence-electron chi connectivity index (χ3n) is 2.74. The lowest BCUT2D eigenvalue weighted by atomic mass is 10.2. The monoisotopic (exact) mass is 315 g/mol. The van der Waals surface area contributed by atoms with Crippen LogP contribution < -0.4 is 10.6 Å². The molecular weight excluding hydrogens is 293 g/mol. The van der Waals surface area contributed by atoms with Crippen LogP contribution in [0.25, 0.3) is 0 Å². The largest absolute Gasteiger partial charge is 0.356 e. The first-order chi connectivity index (χ1) is 9.86. The molecule has 0 saturated heterocycles. The van der Waals surface area contributed by atoms with Gasteiger partial charge < -0.3 is 10.6 Å². The van der Waals surface area contributed by atoms with Gasteiger partial charge in [-0.15, -0.1) is 0 Å². The van der Waals surface area contributed by atoms with E-state index in [2.05, 4.69) is 29.5 Å². The smallest absolute Gasteiger partial charge is 0.191 e. The van der Waals surface area contributed by atoms with Gasteiger partial charge in [-0.2, -0.15) is 0 Å². The minimum absolute atomic E-state index is 0.161. The molecule has 0 spiro atoms. The highest BCUT2D eigenvalue weighted by Crippen LogP contribution is 2.14. The van der Waals surface area contributed by atoms with Crippen molar-refractivity contribution in [1.29, 1.82) is 0 Å². The van der Waals surface area contributed by atoms with Gasteiger partial charge in [0.1, 0.15) is 10.7 Å². The minimum Gasteiger partial charge on any atom is -0.356 e. The van der Waals surface area contributed by atoms with Crippen LogP contribution in [0.15, 0.2) is 34.2 Å². The van der Waals surface area contributed by atoms with Crippen molar-refractivity contribution in [3.63, 3.8) is 0 Å². The molecule has 0 fully saturated rings. The molecular formula is C14H22FN3O2S. The van der Waals surface area contributed by atoms with Crippen molar-refractivity contribution in [2.24, 2.45) is 10.9 Å². The second kappa shape index (κ2) is 7.97. The molecule has 1 rings (SSSR count). The zero-order valence-corrected chi connectivity index (χ0v) is 13.4. The molecule has 2 N–H and O–H groups in total. The molecule has 0 aliphatic carbocycles. The molecule has 0 aliphatic heterocycles. The Labute approximate surface area is 125 Å². The van der Waals surface area contributed by atoms with Crippen molar-refractivity contribution in [3.05, 3.63) is 30.1 Å². The van der Waals surface area contributed by atoms with Crippen molar-refractivity contribution in [1.82, 2.24) is 10.6 Å². The Morgan fingerprint density at radius 3 is 2.52 bits per heavy atom. The van der Waals surface area contributed by atoms with Crippen molar-refractivity contribution in [2.45, 2.75) is 18.7 Å². The second-order valence-electron chi connectivity index (χ2n) is 5.02. The van der Waals surface area contributed by atoms with Crippen molar-refractivity contribution in [3.8, 4) is 0 Å². The second-order valence-corrected chi connectivity index (χ2v) is 7.10. The van der Waals surface area contributed by atoms with E-state index in [0.717, 1.165) is 12.6 Å². The topological polar surface area (TPSA) is 70.6 Å². The first-order valence-electron chi connectivity index (χ1n) is 6.78. The maximum atomic E-state index is 13.5. The third kappa shape index (κ3) is 5.71. The molecule has 1 aromatic carbocycles. The lowest BCUT2D eigenvalue weighted by Crippen LogP contribution is -2.41. The van der Waals surface area contributed by atoms with E-state index in [1.807, 2.05) is 0 Å². The fourth-order valence-corrected chi connectivity index (χ4v) is 2.87. The van der Waals surface area contributed by atoms with Crippen LogP contribution in [0.1, 0.15) is 13.8 Å². The molecule has 0 unspecified atom stereocenters. The van der Waals surface area contributed by atoms with E-state index in [1.54, 1.807) is 7.05 Å². The number of guanidine groups is 1. The van der Waals surface area contributed by atoms with Crippen LogP contribution in [0.3, 0.4) is 0 Å². The summed E-state index contributed by atoms with van der Waals surface area (Å²) in [5, 5.41) is 5.98. The number of nitrogens with one attached hydrogen (secondary N) is 2. The highest BCUT2D eigenvalue weighted by atomic mass is 32.2. The average Bonchev–Trinajstić information content (AvgIpc) is 2.42. The highest BCUT2D eigenvalue weighted by Gasteiger charge is 2.18. The van der Waals surface area contributed by atoms with Crippen LogP contribution >= 0.6 is 0 Å². The molecule has 0 aromatic heterocycles. The van der Waals surface area contributed by atoms with Crippen LogP contribution in [0, 0.1) is 11.7 Å². The van der Waals surface area contributed by atoms with Crippen LogP contribution in [-0.4, -0.2) is 40.3 Å². The van der Waals surface area contributed by atoms with Gasteiger partial charge in [0, 0.05) is 20.1 Å². The number of halogens is 1. The summed E-state index contributed by atoms with van der Waals surface area (Å²) in [5.41, 5.74) is 0. The third-order valence-corrected chi connectivity index (χ3v) is 4.48. The van der Waals surface area contributed by atoms with Gasteiger partial charge in [-0.3, -0.25) is 4.99 Å². The summed E-state index contributed by atoms with van der Waals surface area (Å²) in [5.74, 6) is 0.0639. The Morgan fingerprint density at radius 2 is 1.95 bits per heavy atom. The number of sulfone groups is 1. The maximum Gasteiger partial charge on any atom is 0.191 e.